The smallest absolute Gasteiger partial charge is 0.356 e. The van der Waals surface area contributed by atoms with Crippen LogP contribution in [0.25, 0.3) is 11.3 Å². The molecule has 0 aliphatic heterocycles. The van der Waals surface area contributed by atoms with Gasteiger partial charge in [0.1, 0.15) is 5.69 Å². The first-order valence-corrected chi connectivity index (χ1v) is 7.70. The molecule has 0 aliphatic rings. The van der Waals surface area contributed by atoms with Crippen molar-refractivity contribution >= 4 is 17.3 Å². The zero-order chi connectivity index (χ0) is 14.7. The van der Waals surface area contributed by atoms with Gasteiger partial charge >= 0.3 is 5.97 Å². The molecule has 0 spiro atoms. The monoisotopic (exact) mass is 292 g/mol. The highest BCUT2D eigenvalue weighted by atomic mass is 32.1. The molecule has 20 heavy (non-hydrogen) atoms. The van der Waals surface area contributed by atoms with Gasteiger partial charge in [0, 0.05) is 21.9 Å². The SMILES string of the molecule is CCCn1nc(-c2cc(C)sc2C)cc1C(=O)OCC. The van der Waals surface area contributed by atoms with Crippen LogP contribution in [0.15, 0.2) is 12.1 Å². The summed E-state index contributed by atoms with van der Waals surface area (Å²) in [5.74, 6) is -0.302. The Balaban J connectivity index is 2.43. The molecule has 108 valence electrons. The van der Waals surface area contributed by atoms with E-state index in [1.165, 1.54) is 9.75 Å². The van der Waals surface area contributed by atoms with Crippen molar-refractivity contribution in [2.45, 2.75) is 40.7 Å². The van der Waals surface area contributed by atoms with Crippen molar-refractivity contribution in [1.29, 1.82) is 0 Å². The molecule has 0 saturated heterocycles. The third kappa shape index (κ3) is 2.93. The van der Waals surface area contributed by atoms with Crippen molar-refractivity contribution in [1.82, 2.24) is 9.78 Å². The average Bonchev–Trinajstić information content (AvgIpc) is 2.94. The van der Waals surface area contributed by atoms with Crippen LogP contribution in [0, 0.1) is 13.8 Å². The van der Waals surface area contributed by atoms with Crippen LogP contribution in [0.3, 0.4) is 0 Å². The van der Waals surface area contributed by atoms with Crippen LogP contribution in [0.4, 0.5) is 0 Å². The van der Waals surface area contributed by atoms with Crippen LogP contribution in [-0.4, -0.2) is 22.4 Å². The summed E-state index contributed by atoms with van der Waals surface area (Å²) in [5.41, 5.74) is 2.49. The predicted molar refractivity (Wildman–Crippen MR) is 81.3 cm³/mol. The lowest BCUT2D eigenvalue weighted by molar-refractivity contribution is 0.0511. The van der Waals surface area contributed by atoms with Crippen LogP contribution in [0.2, 0.25) is 0 Å². The van der Waals surface area contributed by atoms with Crippen molar-refractivity contribution in [3.05, 3.63) is 27.6 Å². The van der Waals surface area contributed by atoms with Gasteiger partial charge in [-0.25, -0.2) is 4.79 Å². The molecule has 0 fully saturated rings. The maximum absolute atomic E-state index is 12.0. The van der Waals surface area contributed by atoms with Crippen LogP contribution in [-0.2, 0) is 11.3 Å². The molecule has 0 aliphatic carbocycles. The fourth-order valence-corrected chi connectivity index (χ4v) is 3.12. The first-order chi connectivity index (χ1) is 9.56. The zero-order valence-electron chi connectivity index (χ0n) is 12.4. The Morgan fingerprint density at radius 2 is 2.10 bits per heavy atom. The van der Waals surface area contributed by atoms with Crippen LogP contribution >= 0.6 is 11.3 Å². The summed E-state index contributed by atoms with van der Waals surface area (Å²) in [7, 11) is 0. The van der Waals surface area contributed by atoms with Gasteiger partial charge in [0.15, 0.2) is 0 Å². The van der Waals surface area contributed by atoms with Gasteiger partial charge in [-0.2, -0.15) is 5.10 Å². The fourth-order valence-electron chi connectivity index (χ4n) is 2.19. The lowest BCUT2D eigenvalue weighted by Gasteiger charge is -2.04. The third-order valence-corrected chi connectivity index (χ3v) is 3.98. The summed E-state index contributed by atoms with van der Waals surface area (Å²) in [6.07, 6.45) is 0.926. The first-order valence-electron chi connectivity index (χ1n) is 6.89. The Labute approximate surface area is 123 Å². The molecule has 0 atom stereocenters. The van der Waals surface area contributed by atoms with Crippen molar-refractivity contribution in [3.63, 3.8) is 0 Å². The highest BCUT2D eigenvalue weighted by Gasteiger charge is 2.18. The van der Waals surface area contributed by atoms with Crippen molar-refractivity contribution < 1.29 is 9.53 Å². The molecule has 2 rings (SSSR count). The van der Waals surface area contributed by atoms with E-state index in [0.717, 1.165) is 24.2 Å². The van der Waals surface area contributed by atoms with Gasteiger partial charge in [-0.1, -0.05) is 6.92 Å². The average molecular weight is 292 g/mol. The second kappa shape index (κ2) is 6.22. The maximum Gasteiger partial charge on any atom is 0.356 e. The van der Waals surface area contributed by atoms with Crippen molar-refractivity contribution in [2.24, 2.45) is 0 Å². The van der Waals surface area contributed by atoms with E-state index in [-0.39, 0.29) is 5.97 Å². The number of aryl methyl sites for hydroxylation is 3. The van der Waals surface area contributed by atoms with Gasteiger partial charge in [0.25, 0.3) is 0 Å². The van der Waals surface area contributed by atoms with Crippen molar-refractivity contribution in [3.8, 4) is 11.3 Å². The van der Waals surface area contributed by atoms with Crippen LogP contribution in [0.1, 0.15) is 40.5 Å². The summed E-state index contributed by atoms with van der Waals surface area (Å²) in [6, 6.07) is 3.95. The number of rotatable bonds is 5. The third-order valence-electron chi connectivity index (χ3n) is 3.02. The quantitative estimate of drug-likeness (QED) is 0.787. The predicted octanol–water partition coefficient (Wildman–Crippen LogP) is 3.82. The van der Waals surface area contributed by atoms with E-state index in [0.29, 0.717) is 12.3 Å². The topological polar surface area (TPSA) is 44.1 Å². The van der Waals surface area contributed by atoms with Crippen LogP contribution in [0.5, 0.6) is 0 Å². The summed E-state index contributed by atoms with van der Waals surface area (Å²) >= 11 is 1.75. The number of aromatic nitrogens is 2. The minimum atomic E-state index is -0.302. The highest BCUT2D eigenvalue weighted by molar-refractivity contribution is 7.12. The number of ether oxygens (including phenoxy) is 1. The van der Waals surface area contributed by atoms with E-state index in [9.17, 15) is 4.79 Å². The molecule has 0 amide bonds. The molecule has 0 unspecified atom stereocenters. The first kappa shape index (κ1) is 14.8. The second-order valence-electron chi connectivity index (χ2n) is 4.69. The second-order valence-corrected chi connectivity index (χ2v) is 6.15. The molecule has 0 N–H and O–H groups in total. The Bertz CT molecular complexity index is 613. The van der Waals surface area contributed by atoms with E-state index in [4.69, 9.17) is 4.74 Å². The van der Waals surface area contributed by atoms with Crippen molar-refractivity contribution in [2.75, 3.05) is 6.61 Å². The zero-order valence-corrected chi connectivity index (χ0v) is 13.2. The van der Waals surface area contributed by atoms with E-state index in [2.05, 4.69) is 31.9 Å². The lowest BCUT2D eigenvalue weighted by Crippen LogP contribution is -2.13. The van der Waals surface area contributed by atoms with Gasteiger partial charge in [0.05, 0.1) is 12.3 Å². The molecule has 5 heteroatoms. The van der Waals surface area contributed by atoms with E-state index >= 15 is 0 Å². The summed E-state index contributed by atoms with van der Waals surface area (Å²) in [4.78, 5) is 14.5. The Morgan fingerprint density at radius 3 is 2.65 bits per heavy atom. The lowest BCUT2D eigenvalue weighted by atomic mass is 10.2. The van der Waals surface area contributed by atoms with Gasteiger partial charge in [-0.05, 0) is 39.3 Å². The molecule has 2 aromatic rings. The largest absolute Gasteiger partial charge is 0.461 e. The van der Waals surface area contributed by atoms with Gasteiger partial charge in [-0.15, -0.1) is 11.3 Å². The molecule has 4 nitrogen and oxygen atoms in total. The highest BCUT2D eigenvalue weighted by Crippen LogP contribution is 2.30. The normalized spacial score (nSPS) is 10.8. The van der Waals surface area contributed by atoms with Gasteiger partial charge in [0.2, 0.25) is 0 Å². The molecule has 0 aromatic carbocycles. The molecule has 0 radical (unpaired) electrons. The number of hydrogen-bond donors (Lipinski definition) is 0. The number of carbonyl (C=O) groups is 1. The minimum absolute atomic E-state index is 0.302. The Morgan fingerprint density at radius 1 is 1.35 bits per heavy atom. The Hall–Kier alpha value is -1.62. The van der Waals surface area contributed by atoms with E-state index in [1.807, 2.05) is 13.0 Å². The molecule has 0 saturated carbocycles. The maximum atomic E-state index is 12.0. The standard InChI is InChI=1S/C15H20N2O2S/c1-5-7-17-14(15(18)19-6-2)9-13(16-17)12-8-10(3)20-11(12)4/h8-9H,5-7H2,1-4H3. The number of thiophene rings is 1. The number of nitrogens with zero attached hydrogens (tertiary/aromatic N) is 2. The van der Waals surface area contributed by atoms with Gasteiger partial charge < -0.3 is 4.74 Å². The molecular weight excluding hydrogens is 272 g/mol. The van der Waals surface area contributed by atoms with E-state index < -0.39 is 0 Å². The summed E-state index contributed by atoms with van der Waals surface area (Å²) < 4.78 is 6.85. The summed E-state index contributed by atoms with van der Waals surface area (Å²) in [6.45, 7) is 9.13. The van der Waals surface area contributed by atoms with Gasteiger partial charge in [-0.3, -0.25) is 4.68 Å². The fraction of sp³-hybridized carbons (Fsp3) is 0.467. The van der Waals surface area contributed by atoms with Crippen LogP contribution < -0.4 is 0 Å². The number of carbonyl (C=O) groups excluding carboxylic acids is 1. The number of hydrogen-bond acceptors (Lipinski definition) is 4. The molecule has 2 aromatic heterocycles. The minimum Gasteiger partial charge on any atom is -0.461 e. The Kier molecular flexibility index (Phi) is 4.60. The molecular formula is C15H20N2O2S. The van der Waals surface area contributed by atoms with E-state index in [1.54, 1.807) is 16.0 Å². The number of esters is 1. The summed E-state index contributed by atoms with van der Waals surface area (Å²) in [5, 5.41) is 4.57. The molecule has 0 bridgehead atoms. The molecule has 2 heterocycles.